The van der Waals surface area contributed by atoms with E-state index in [0.717, 1.165) is 10.1 Å². The molecule has 1 aliphatic carbocycles. The van der Waals surface area contributed by atoms with E-state index in [1.807, 2.05) is 57.2 Å². The maximum atomic E-state index is 13.1. The van der Waals surface area contributed by atoms with Crippen molar-refractivity contribution in [3.05, 3.63) is 99.7 Å². The molecule has 0 saturated heterocycles. The number of aromatic nitrogens is 4. The van der Waals surface area contributed by atoms with E-state index in [2.05, 4.69) is 20.8 Å². The van der Waals surface area contributed by atoms with Crippen LogP contribution < -0.4 is 9.78 Å². The molecule has 0 spiro atoms. The van der Waals surface area contributed by atoms with E-state index in [-0.39, 0.29) is 32.1 Å². The van der Waals surface area contributed by atoms with Gasteiger partial charge >= 0.3 is 215 Å². The number of furan rings is 1. The van der Waals surface area contributed by atoms with Gasteiger partial charge in [-0.25, -0.2) is 0 Å². The molecular weight excluding hydrogens is 521 g/mol. The standard InChI is InChI=1S/C27H25N5O3Se/c1-16-23(33)19-8-5-6-9-20(19)24(34)25(16)36-18-13-11-17(12-14-18)28-22(21-10-7-15-35-21)26-29-30-31-32(26)27(2,3)4/h5-15,22,28H,1-4H3. The molecule has 1 unspecified atom stereocenters. The van der Waals surface area contributed by atoms with Crippen LogP contribution in [0.25, 0.3) is 0 Å². The van der Waals surface area contributed by atoms with Crippen LogP contribution in [0.4, 0.5) is 5.69 Å². The molecule has 2 heterocycles. The van der Waals surface area contributed by atoms with Gasteiger partial charge in [-0.3, -0.25) is 0 Å². The van der Waals surface area contributed by atoms with Gasteiger partial charge in [-0.15, -0.1) is 0 Å². The molecule has 1 atom stereocenters. The first-order chi connectivity index (χ1) is 17.2. The third-order valence-electron chi connectivity index (χ3n) is 5.90. The molecule has 0 saturated carbocycles. The summed E-state index contributed by atoms with van der Waals surface area (Å²) >= 11 is -0.306. The molecular formula is C27H25N5O3Se. The Morgan fingerprint density at radius 2 is 1.64 bits per heavy atom. The number of hydrogen-bond donors (Lipinski definition) is 1. The summed E-state index contributed by atoms with van der Waals surface area (Å²) in [6.07, 6.45) is 1.62. The molecule has 5 rings (SSSR count). The number of benzene rings is 2. The van der Waals surface area contributed by atoms with Gasteiger partial charge in [-0.2, -0.15) is 0 Å². The first-order valence-electron chi connectivity index (χ1n) is 11.5. The molecule has 0 fully saturated rings. The normalized spacial score (nSPS) is 14.7. The molecule has 9 heteroatoms. The van der Waals surface area contributed by atoms with Crippen LogP contribution in [0.3, 0.4) is 0 Å². The Morgan fingerprint density at radius 1 is 0.944 bits per heavy atom. The summed E-state index contributed by atoms with van der Waals surface area (Å²) in [5, 5.41) is 15.8. The Hall–Kier alpha value is -3.81. The fourth-order valence-electron chi connectivity index (χ4n) is 4.07. The van der Waals surface area contributed by atoms with Crippen molar-refractivity contribution < 1.29 is 14.0 Å². The van der Waals surface area contributed by atoms with Crippen LogP contribution in [0.2, 0.25) is 0 Å². The molecule has 1 N–H and O–H groups in total. The van der Waals surface area contributed by atoms with Gasteiger partial charge in [0.1, 0.15) is 0 Å². The van der Waals surface area contributed by atoms with Crippen LogP contribution >= 0.6 is 0 Å². The van der Waals surface area contributed by atoms with E-state index in [1.165, 1.54) is 0 Å². The molecule has 0 amide bonds. The molecule has 36 heavy (non-hydrogen) atoms. The third-order valence-corrected chi connectivity index (χ3v) is 8.43. The second-order valence-corrected chi connectivity index (χ2v) is 11.8. The van der Waals surface area contributed by atoms with Crippen LogP contribution in [0.5, 0.6) is 0 Å². The van der Waals surface area contributed by atoms with Crippen molar-refractivity contribution in [2.24, 2.45) is 0 Å². The first kappa shape index (κ1) is 23.9. The second-order valence-electron chi connectivity index (χ2n) is 9.50. The molecule has 1 aliphatic rings. The predicted octanol–water partition coefficient (Wildman–Crippen LogP) is 3.91. The van der Waals surface area contributed by atoms with E-state index in [4.69, 9.17) is 4.42 Å². The molecule has 0 radical (unpaired) electrons. The van der Waals surface area contributed by atoms with Crippen molar-refractivity contribution >= 4 is 36.7 Å². The first-order valence-corrected chi connectivity index (χ1v) is 13.2. The molecule has 8 nitrogen and oxygen atoms in total. The number of nitrogens with zero attached hydrogens (tertiary/aromatic N) is 4. The molecule has 182 valence electrons. The van der Waals surface area contributed by atoms with E-state index in [1.54, 1.807) is 42.1 Å². The van der Waals surface area contributed by atoms with Gasteiger partial charge in [0.2, 0.25) is 0 Å². The summed E-state index contributed by atoms with van der Waals surface area (Å²) < 4.78 is 9.08. The maximum absolute atomic E-state index is 13.1. The van der Waals surface area contributed by atoms with E-state index in [9.17, 15) is 9.59 Å². The zero-order valence-electron chi connectivity index (χ0n) is 20.4. The van der Waals surface area contributed by atoms with Gasteiger partial charge in [0.05, 0.1) is 0 Å². The summed E-state index contributed by atoms with van der Waals surface area (Å²) in [4.78, 5) is 26.0. The molecule has 2 aromatic heterocycles. The van der Waals surface area contributed by atoms with E-state index in [0.29, 0.717) is 32.8 Å². The zero-order valence-corrected chi connectivity index (χ0v) is 22.1. The van der Waals surface area contributed by atoms with Crippen molar-refractivity contribution in [2.45, 2.75) is 39.3 Å². The summed E-state index contributed by atoms with van der Waals surface area (Å²) in [5.74, 6) is 1.20. The average molecular weight is 546 g/mol. The fraction of sp³-hybridized carbons (Fsp3) is 0.222. The van der Waals surface area contributed by atoms with Crippen molar-refractivity contribution in [3.63, 3.8) is 0 Å². The summed E-state index contributed by atoms with van der Waals surface area (Å²) in [6.45, 7) is 7.86. The van der Waals surface area contributed by atoms with Crippen molar-refractivity contribution in [1.29, 1.82) is 0 Å². The molecule has 4 aromatic rings. The summed E-state index contributed by atoms with van der Waals surface area (Å²) in [7, 11) is 0. The fourth-order valence-corrected chi connectivity index (χ4v) is 6.08. The number of tetrazole rings is 1. The number of carbonyl (C=O) groups is 2. The third kappa shape index (κ3) is 4.43. The van der Waals surface area contributed by atoms with Crippen molar-refractivity contribution in [3.8, 4) is 0 Å². The number of anilines is 1. The molecule has 2 aromatic carbocycles. The van der Waals surface area contributed by atoms with Crippen LogP contribution in [0.15, 0.2) is 81.4 Å². The zero-order chi connectivity index (χ0) is 25.4. The van der Waals surface area contributed by atoms with Crippen molar-refractivity contribution in [2.75, 3.05) is 5.32 Å². The number of hydrogen-bond acceptors (Lipinski definition) is 7. The predicted molar refractivity (Wildman–Crippen MR) is 137 cm³/mol. The number of nitrogens with one attached hydrogen (secondary N) is 1. The summed E-state index contributed by atoms with van der Waals surface area (Å²) in [5.41, 5.74) is 2.04. The van der Waals surface area contributed by atoms with Crippen molar-refractivity contribution in [1.82, 2.24) is 20.2 Å². The average Bonchev–Trinajstić information content (AvgIpc) is 3.57. The molecule has 0 aliphatic heterocycles. The van der Waals surface area contributed by atoms with Gasteiger partial charge in [-0.05, 0) is 0 Å². The van der Waals surface area contributed by atoms with Crippen LogP contribution in [-0.2, 0) is 5.54 Å². The Kier molecular flexibility index (Phi) is 6.20. The summed E-state index contributed by atoms with van der Waals surface area (Å²) in [6, 6.07) is 18.2. The number of carbonyl (C=O) groups excluding carboxylic acids is 2. The number of Topliss-reactive ketones (excluding diaryl/α,β-unsaturated/α-hetero) is 2. The quantitative estimate of drug-likeness (QED) is 0.366. The van der Waals surface area contributed by atoms with E-state index >= 15 is 0 Å². The minimum absolute atomic E-state index is 0.0585. The number of fused-ring (bicyclic) bond motifs is 1. The Morgan fingerprint density at radius 3 is 2.28 bits per heavy atom. The number of ketones is 2. The number of allylic oxidation sites excluding steroid dienone is 2. The van der Waals surface area contributed by atoms with Crippen LogP contribution in [0, 0.1) is 0 Å². The van der Waals surface area contributed by atoms with Gasteiger partial charge < -0.3 is 0 Å². The van der Waals surface area contributed by atoms with Gasteiger partial charge in [0.15, 0.2) is 0 Å². The van der Waals surface area contributed by atoms with Gasteiger partial charge in [0, 0.05) is 0 Å². The van der Waals surface area contributed by atoms with Gasteiger partial charge in [-0.1, -0.05) is 0 Å². The van der Waals surface area contributed by atoms with Crippen LogP contribution in [0.1, 0.15) is 66.0 Å². The Balaban J connectivity index is 1.40. The topological polar surface area (TPSA) is 103 Å². The molecule has 0 bridgehead atoms. The van der Waals surface area contributed by atoms with Crippen LogP contribution in [-0.4, -0.2) is 46.7 Å². The second kappa shape index (κ2) is 9.33. The number of rotatable bonds is 6. The van der Waals surface area contributed by atoms with Gasteiger partial charge in [0.25, 0.3) is 0 Å². The monoisotopic (exact) mass is 547 g/mol. The van der Waals surface area contributed by atoms with E-state index < -0.39 is 6.04 Å². The Bertz CT molecular complexity index is 1460. The Labute approximate surface area is 214 Å². The SMILES string of the molecule is CC1=C([Se]c2ccc(NC(c3ccco3)c3nnnn3C(C)(C)C)cc2)C(=O)c2ccccc2C1=O. The minimum atomic E-state index is -0.399.